The Balaban J connectivity index is 1.46. The molecule has 0 bridgehead atoms. The number of amides is 3. The molecule has 27 heavy (non-hydrogen) atoms. The van der Waals surface area contributed by atoms with Crippen molar-refractivity contribution in [3.63, 3.8) is 0 Å². The molecule has 8 heteroatoms. The van der Waals surface area contributed by atoms with Gasteiger partial charge in [0.25, 0.3) is 0 Å². The average Bonchev–Trinajstić information content (AvgIpc) is 3.50. The van der Waals surface area contributed by atoms with Gasteiger partial charge in [-0.2, -0.15) is 0 Å². The molecule has 1 aliphatic carbocycles. The molecule has 3 rings (SSSR count). The minimum atomic E-state index is -0.944. The van der Waals surface area contributed by atoms with E-state index in [0.717, 1.165) is 5.56 Å². The minimum Gasteiger partial charge on any atom is -0.450 e. The van der Waals surface area contributed by atoms with Gasteiger partial charge >= 0.3 is 6.09 Å². The van der Waals surface area contributed by atoms with Gasteiger partial charge in [0.15, 0.2) is 0 Å². The molecule has 1 aromatic rings. The zero-order valence-electron chi connectivity index (χ0n) is 15.6. The van der Waals surface area contributed by atoms with Gasteiger partial charge in [0, 0.05) is 38.1 Å². The number of piperidine rings is 1. The molecule has 0 aromatic carbocycles. The van der Waals surface area contributed by atoms with Gasteiger partial charge in [-0.1, -0.05) is 6.07 Å². The number of nitrogens with zero attached hydrogens (tertiary/aromatic N) is 2. The molecule has 1 aromatic heterocycles. The van der Waals surface area contributed by atoms with Crippen molar-refractivity contribution in [1.82, 2.24) is 20.5 Å². The first-order valence-electron chi connectivity index (χ1n) is 9.45. The van der Waals surface area contributed by atoms with Crippen LogP contribution in [0.1, 0.15) is 38.2 Å². The summed E-state index contributed by atoms with van der Waals surface area (Å²) in [6.07, 6.45) is 5.52. The van der Waals surface area contributed by atoms with E-state index in [-0.39, 0.29) is 23.9 Å². The fourth-order valence-electron chi connectivity index (χ4n) is 3.28. The van der Waals surface area contributed by atoms with E-state index >= 15 is 0 Å². The van der Waals surface area contributed by atoms with E-state index in [1.807, 2.05) is 12.1 Å². The van der Waals surface area contributed by atoms with Gasteiger partial charge in [0.2, 0.25) is 11.8 Å². The van der Waals surface area contributed by atoms with Crippen LogP contribution in [0.5, 0.6) is 0 Å². The summed E-state index contributed by atoms with van der Waals surface area (Å²) in [4.78, 5) is 42.6. The Morgan fingerprint density at radius 3 is 2.59 bits per heavy atom. The first-order valence-corrected chi connectivity index (χ1v) is 9.45. The Morgan fingerprint density at radius 2 is 2.00 bits per heavy atom. The summed E-state index contributed by atoms with van der Waals surface area (Å²) < 4.78 is 5.00. The lowest BCUT2D eigenvalue weighted by Gasteiger charge is -2.32. The van der Waals surface area contributed by atoms with Crippen molar-refractivity contribution in [2.24, 2.45) is 5.41 Å². The third kappa shape index (κ3) is 4.56. The number of likely N-dealkylation sites (tertiary alicyclic amines) is 1. The van der Waals surface area contributed by atoms with Crippen LogP contribution in [0.25, 0.3) is 0 Å². The molecule has 2 N–H and O–H groups in total. The highest BCUT2D eigenvalue weighted by molar-refractivity contribution is 6.07. The maximum absolute atomic E-state index is 12.7. The molecule has 1 saturated carbocycles. The number of carbonyl (C=O) groups is 3. The Morgan fingerprint density at radius 1 is 1.26 bits per heavy atom. The number of nitrogens with one attached hydrogen (secondary N) is 2. The van der Waals surface area contributed by atoms with Crippen LogP contribution in [0.4, 0.5) is 4.79 Å². The third-order valence-corrected chi connectivity index (χ3v) is 5.15. The maximum atomic E-state index is 12.7. The molecule has 1 aliphatic heterocycles. The number of ether oxygens (including phenoxy) is 1. The molecule has 2 aliphatic rings. The predicted molar refractivity (Wildman–Crippen MR) is 97.5 cm³/mol. The Kier molecular flexibility index (Phi) is 5.93. The Labute approximate surface area is 158 Å². The summed E-state index contributed by atoms with van der Waals surface area (Å²) in [7, 11) is 0. The van der Waals surface area contributed by atoms with Crippen LogP contribution in [0.2, 0.25) is 0 Å². The van der Waals surface area contributed by atoms with E-state index in [2.05, 4.69) is 15.6 Å². The second-order valence-electron chi connectivity index (χ2n) is 7.06. The van der Waals surface area contributed by atoms with Gasteiger partial charge in [0.05, 0.1) is 6.61 Å². The minimum absolute atomic E-state index is 0.0215. The van der Waals surface area contributed by atoms with Crippen LogP contribution < -0.4 is 10.6 Å². The summed E-state index contributed by atoms with van der Waals surface area (Å²) >= 11 is 0. The van der Waals surface area contributed by atoms with Crippen molar-refractivity contribution in [3.05, 3.63) is 30.1 Å². The van der Waals surface area contributed by atoms with Crippen LogP contribution in [0.3, 0.4) is 0 Å². The van der Waals surface area contributed by atoms with Gasteiger partial charge in [-0.25, -0.2) is 4.79 Å². The van der Waals surface area contributed by atoms with E-state index in [9.17, 15) is 14.4 Å². The van der Waals surface area contributed by atoms with Crippen molar-refractivity contribution in [2.75, 3.05) is 19.7 Å². The van der Waals surface area contributed by atoms with Gasteiger partial charge in [-0.3, -0.25) is 14.6 Å². The molecule has 0 spiro atoms. The molecule has 146 valence electrons. The maximum Gasteiger partial charge on any atom is 0.409 e. The lowest BCUT2D eigenvalue weighted by molar-refractivity contribution is -0.137. The number of aromatic nitrogens is 1. The van der Waals surface area contributed by atoms with Crippen molar-refractivity contribution in [1.29, 1.82) is 0 Å². The molecule has 0 atom stereocenters. The standard InChI is InChI=1S/C19H26N4O4/c1-2-27-18(26)23-10-5-15(6-11-23)22-17(25)19(7-8-19)16(24)21-13-14-4-3-9-20-12-14/h3-4,9,12,15H,2,5-8,10-11,13H2,1H3,(H,21,24)(H,22,25). The zero-order valence-corrected chi connectivity index (χ0v) is 15.6. The summed E-state index contributed by atoms with van der Waals surface area (Å²) in [5, 5.41) is 5.85. The number of rotatable bonds is 6. The van der Waals surface area contributed by atoms with Gasteiger partial charge in [-0.05, 0) is 44.2 Å². The van der Waals surface area contributed by atoms with E-state index in [0.29, 0.717) is 51.9 Å². The normalized spacial score (nSPS) is 18.5. The molecule has 8 nitrogen and oxygen atoms in total. The molecule has 2 fully saturated rings. The summed E-state index contributed by atoms with van der Waals surface area (Å²) in [5.41, 5.74) is -0.0473. The summed E-state index contributed by atoms with van der Waals surface area (Å²) in [5.74, 6) is -0.436. The van der Waals surface area contributed by atoms with Crippen molar-refractivity contribution in [2.45, 2.75) is 45.2 Å². The average molecular weight is 374 g/mol. The highest BCUT2D eigenvalue weighted by Gasteiger charge is 2.56. The number of pyridine rings is 1. The summed E-state index contributed by atoms with van der Waals surface area (Å²) in [6, 6.07) is 3.67. The fourth-order valence-corrected chi connectivity index (χ4v) is 3.28. The topological polar surface area (TPSA) is 101 Å². The van der Waals surface area contributed by atoms with Crippen LogP contribution in [-0.2, 0) is 20.9 Å². The lowest BCUT2D eigenvalue weighted by atomic mass is 10.0. The van der Waals surface area contributed by atoms with E-state index in [1.165, 1.54) is 0 Å². The van der Waals surface area contributed by atoms with Crippen molar-refractivity contribution < 1.29 is 19.1 Å². The molecule has 3 amide bonds. The van der Waals surface area contributed by atoms with E-state index in [4.69, 9.17) is 4.74 Å². The molecule has 2 heterocycles. The zero-order chi connectivity index (χ0) is 19.3. The smallest absolute Gasteiger partial charge is 0.409 e. The second kappa shape index (κ2) is 8.37. The fraction of sp³-hybridized carbons (Fsp3) is 0.579. The molecule has 0 unspecified atom stereocenters. The monoisotopic (exact) mass is 374 g/mol. The highest BCUT2D eigenvalue weighted by atomic mass is 16.6. The quantitative estimate of drug-likeness (QED) is 0.729. The van der Waals surface area contributed by atoms with Crippen LogP contribution in [-0.4, -0.2) is 53.5 Å². The Hall–Kier alpha value is -2.64. The first kappa shape index (κ1) is 19.1. The first-order chi connectivity index (χ1) is 13.0. The molecular formula is C19H26N4O4. The molecule has 1 saturated heterocycles. The number of hydrogen-bond acceptors (Lipinski definition) is 5. The van der Waals surface area contributed by atoms with Crippen molar-refractivity contribution in [3.8, 4) is 0 Å². The van der Waals surface area contributed by atoms with Crippen molar-refractivity contribution >= 4 is 17.9 Å². The number of carbonyl (C=O) groups excluding carboxylic acids is 3. The Bertz CT molecular complexity index is 682. The van der Waals surface area contributed by atoms with Crippen LogP contribution >= 0.6 is 0 Å². The van der Waals surface area contributed by atoms with E-state index < -0.39 is 5.41 Å². The van der Waals surface area contributed by atoms with Crippen LogP contribution in [0, 0.1) is 5.41 Å². The molecular weight excluding hydrogens is 348 g/mol. The third-order valence-electron chi connectivity index (χ3n) is 5.15. The van der Waals surface area contributed by atoms with Gasteiger partial charge < -0.3 is 20.3 Å². The number of hydrogen-bond donors (Lipinski definition) is 2. The largest absolute Gasteiger partial charge is 0.450 e. The highest BCUT2D eigenvalue weighted by Crippen LogP contribution is 2.46. The van der Waals surface area contributed by atoms with Crippen LogP contribution in [0.15, 0.2) is 24.5 Å². The van der Waals surface area contributed by atoms with Gasteiger partial charge in [0.1, 0.15) is 5.41 Å². The van der Waals surface area contributed by atoms with Gasteiger partial charge in [-0.15, -0.1) is 0 Å². The molecule has 0 radical (unpaired) electrons. The predicted octanol–water partition coefficient (Wildman–Crippen LogP) is 1.22. The summed E-state index contributed by atoms with van der Waals surface area (Å²) in [6.45, 7) is 3.58. The lowest BCUT2D eigenvalue weighted by Crippen LogP contribution is -2.50. The second-order valence-corrected chi connectivity index (χ2v) is 7.06. The SMILES string of the molecule is CCOC(=O)N1CCC(NC(=O)C2(C(=O)NCc3cccnc3)CC2)CC1. The van der Waals surface area contributed by atoms with E-state index in [1.54, 1.807) is 24.2 Å².